The second kappa shape index (κ2) is 5.11. The van der Waals surface area contributed by atoms with Crippen molar-refractivity contribution in [3.8, 4) is 0 Å². The zero-order chi connectivity index (χ0) is 13.1. The van der Waals surface area contributed by atoms with Crippen molar-refractivity contribution in [3.63, 3.8) is 0 Å². The molecule has 2 heteroatoms. The van der Waals surface area contributed by atoms with Crippen LogP contribution in [-0.2, 0) is 9.53 Å². The van der Waals surface area contributed by atoms with E-state index < -0.39 is 0 Å². The van der Waals surface area contributed by atoms with E-state index in [0.717, 1.165) is 11.1 Å². The predicted octanol–water partition coefficient (Wildman–Crippen LogP) is 3.76. The summed E-state index contributed by atoms with van der Waals surface area (Å²) in [6.45, 7) is 0. The Labute approximate surface area is 112 Å². The molecule has 0 saturated carbocycles. The van der Waals surface area contributed by atoms with Crippen LogP contribution in [0, 0.1) is 0 Å². The Bertz CT molecular complexity index is 600. The molecular formula is C17H14O2. The second-order valence-electron chi connectivity index (χ2n) is 4.56. The van der Waals surface area contributed by atoms with Crippen molar-refractivity contribution in [2.75, 3.05) is 0 Å². The van der Waals surface area contributed by atoms with Crippen LogP contribution in [0.3, 0.4) is 0 Å². The molecule has 0 aromatic heterocycles. The highest BCUT2D eigenvalue weighted by Crippen LogP contribution is 2.33. The minimum Gasteiger partial charge on any atom is -0.481 e. The lowest BCUT2D eigenvalue weighted by Gasteiger charge is -2.09. The standard InChI is InChI=1S/C17H14O2/c18-15-12-16(14-9-5-2-6-10-14)19-17(15)11-13-7-3-1-4-8-13/h1-11,16H,12H2/b17-11-/t16-/m1/s1. The summed E-state index contributed by atoms with van der Waals surface area (Å²) in [7, 11) is 0. The molecule has 1 aliphatic heterocycles. The Kier molecular flexibility index (Phi) is 3.15. The second-order valence-corrected chi connectivity index (χ2v) is 4.56. The van der Waals surface area contributed by atoms with Gasteiger partial charge in [0.1, 0.15) is 6.10 Å². The van der Waals surface area contributed by atoms with Gasteiger partial charge in [0.15, 0.2) is 5.76 Å². The molecule has 0 unspecified atom stereocenters. The maximum absolute atomic E-state index is 12.0. The van der Waals surface area contributed by atoms with Gasteiger partial charge in [0, 0.05) is 0 Å². The maximum atomic E-state index is 12.0. The molecule has 0 aliphatic carbocycles. The molecule has 0 amide bonds. The average molecular weight is 250 g/mol. The molecule has 1 heterocycles. The van der Waals surface area contributed by atoms with Crippen LogP contribution in [0.25, 0.3) is 6.08 Å². The summed E-state index contributed by atoms with van der Waals surface area (Å²) in [6, 6.07) is 19.6. The first-order valence-corrected chi connectivity index (χ1v) is 6.34. The molecular weight excluding hydrogens is 236 g/mol. The number of hydrogen-bond donors (Lipinski definition) is 0. The predicted molar refractivity (Wildman–Crippen MR) is 74.3 cm³/mol. The van der Waals surface area contributed by atoms with Crippen LogP contribution in [0.5, 0.6) is 0 Å². The van der Waals surface area contributed by atoms with Gasteiger partial charge in [-0.25, -0.2) is 0 Å². The summed E-state index contributed by atoms with van der Waals surface area (Å²) in [6.07, 6.45) is 2.08. The van der Waals surface area contributed by atoms with Gasteiger partial charge in [0.05, 0.1) is 6.42 Å². The van der Waals surface area contributed by atoms with E-state index in [1.807, 2.05) is 66.7 Å². The van der Waals surface area contributed by atoms with E-state index in [1.54, 1.807) is 0 Å². The summed E-state index contributed by atoms with van der Waals surface area (Å²) in [5.41, 5.74) is 2.03. The maximum Gasteiger partial charge on any atom is 0.201 e. The van der Waals surface area contributed by atoms with Gasteiger partial charge in [0.25, 0.3) is 0 Å². The number of Topliss-reactive ketones (excluding diaryl/α,β-unsaturated/α-hetero) is 1. The fourth-order valence-electron chi connectivity index (χ4n) is 2.20. The molecule has 3 rings (SSSR count). The van der Waals surface area contributed by atoms with Crippen LogP contribution in [0.4, 0.5) is 0 Å². The molecule has 2 aromatic carbocycles. The Morgan fingerprint density at radius 1 is 0.947 bits per heavy atom. The highest BCUT2D eigenvalue weighted by molar-refractivity contribution is 5.99. The molecule has 0 N–H and O–H groups in total. The summed E-state index contributed by atoms with van der Waals surface area (Å²) >= 11 is 0. The third kappa shape index (κ3) is 2.58. The van der Waals surface area contributed by atoms with Crippen LogP contribution >= 0.6 is 0 Å². The Hall–Kier alpha value is -2.35. The third-order valence-electron chi connectivity index (χ3n) is 3.18. The smallest absolute Gasteiger partial charge is 0.201 e. The molecule has 19 heavy (non-hydrogen) atoms. The quantitative estimate of drug-likeness (QED) is 0.759. The molecule has 0 spiro atoms. The summed E-state index contributed by atoms with van der Waals surface area (Å²) in [5.74, 6) is 0.526. The van der Waals surface area contributed by atoms with Gasteiger partial charge in [-0.05, 0) is 17.2 Å². The molecule has 1 fully saturated rings. The third-order valence-corrected chi connectivity index (χ3v) is 3.18. The number of benzene rings is 2. The fourth-order valence-corrected chi connectivity index (χ4v) is 2.20. The summed E-state index contributed by atoms with van der Waals surface area (Å²) < 4.78 is 5.78. The van der Waals surface area contributed by atoms with Crippen molar-refractivity contribution < 1.29 is 9.53 Å². The van der Waals surface area contributed by atoms with Crippen molar-refractivity contribution in [1.82, 2.24) is 0 Å². The zero-order valence-corrected chi connectivity index (χ0v) is 10.5. The SMILES string of the molecule is O=C1C[C@H](c2ccccc2)O/C1=C\c1ccccc1. The molecule has 2 aromatic rings. The van der Waals surface area contributed by atoms with Gasteiger partial charge in [-0.3, -0.25) is 4.79 Å². The summed E-state index contributed by atoms with van der Waals surface area (Å²) in [5, 5.41) is 0. The monoisotopic (exact) mass is 250 g/mol. The van der Waals surface area contributed by atoms with Gasteiger partial charge >= 0.3 is 0 Å². The normalized spacial score (nSPS) is 20.5. The van der Waals surface area contributed by atoms with Gasteiger partial charge in [-0.1, -0.05) is 60.7 Å². The molecule has 94 valence electrons. The van der Waals surface area contributed by atoms with Crippen molar-refractivity contribution in [3.05, 3.63) is 77.5 Å². The molecule has 2 nitrogen and oxygen atoms in total. The van der Waals surface area contributed by atoms with Gasteiger partial charge in [0.2, 0.25) is 5.78 Å². The number of allylic oxidation sites excluding steroid dienone is 1. The Balaban J connectivity index is 1.83. The molecule has 1 aliphatic rings. The van der Waals surface area contributed by atoms with Gasteiger partial charge in [-0.2, -0.15) is 0 Å². The summed E-state index contributed by atoms with van der Waals surface area (Å²) in [4.78, 5) is 12.0. The molecule has 0 radical (unpaired) electrons. The van der Waals surface area contributed by atoms with Gasteiger partial charge in [-0.15, -0.1) is 0 Å². The Morgan fingerprint density at radius 2 is 1.58 bits per heavy atom. The highest BCUT2D eigenvalue weighted by Gasteiger charge is 2.29. The zero-order valence-electron chi connectivity index (χ0n) is 10.5. The van der Waals surface area contributed by atoms with Crippen LogP contribution in [-0.4, -0.2) is 5.78 Å². The van der Waals surface area contributed by atoms with E-state index in [2.05, 4.69) is 0 Å². The first-order valence-electron chi connectivity index (χ1n) is 6.34. The number of rotatable bonds is 2. The minimum absolute atomic E-state index is 0.0673. The van der Waals surface area contributed by atoms with Crippen molar-refractivity contribution >= 4 is 11.9 Å². The number of carbonyl (C=O) groups excluding carboxylic acids is 1. The Morgan fingerprint density at radius 3 is 2.26 bits per heavy atom. The van der Waals surface area contributed by atoms with Crippen LogP contribution in [0.2, 0.25) is 0 Å². The fraction of sp³-hybridized carbons (Fsp3) is 0.118. The molecule has 1 saturated heterocycles. The number of ketones is 1. The van der Waals surface area contributed by atoms with Crippen molar-refractivity contribution in [1.29, 1.82) is 0 Å². The van der Waals surface area contributed by atoms with E-state index in [9.17, 15) is 4.79 Å². The topological polar surface area (TPSA) is 26.3 Å². The van der Waals surface area contributed by atoms with E-state index in [4.69, 9.17) is 4.74 Å². The van der Waals surface area contributed by atoms with Gasteiger partial charge < -0.3 is 4.74 Å². The number of carbonyl (C=O) groups is 1. The lowest BCUT2D eigenvalue weighted by molar-refractivity contribution is -0.115. The molecule has 0 bridgehead atoms. The van der Waals surface area contributed by atoms with E-state index in [0.29, 0.717) is 12.2 Å². The van der Waals surface area contributed by atoms with E-state index >= 15 is 0 Å². The number of hydrogen-bond acceptors (Lipinski definition) is 2. The van der Waals surface area contributed by atoms with E-state index in [1.165, 1.54) is 0 Å². The average Bonchev–Trinajstić information content (AvgIpc) is 2.82. The molecule has 1 atom stereocenters. The lowest BCUT2D eigenvalue weighted by atomic mass is 10.1. The number of ether oxygens (including phenoxy) is 1. The van der Waals surface area contributed by atoms with Crippen LogP contribution < -0.4 is 0 Å². The van der Waals surface area contributed by atoms with Crippen LogP contribution in [0.15, 0.2) is 66.4 Å². The first-order chi connectivity index (χ1) is 9.33. The van der Waals surface area contributed by atoms with Crippen LogP contribution in [0.1, 0.15) is 23.7 Å². The first kappa shape index (κ1) is 11.7. The lowest BCUT2D eigenvalue weighted by Crippen LogP contribution is -1.94. The van der Waals surface area contributed by atoms with Crippen molar-refractivity contribution in [2.45, 2.75) is 12.5 Å². The van der Waals surface area contributed by atoms with E-state index in [-0.39, 0.29) is 11.9 Å². The minimum atomic E-state index is -0.149. The van der Waals surface area contributed by atoms with Crippen molar-refractivity contribution in [2.24, 2.45) is 0 Å². The largest absolute Gasteiger partial charge is 0.481 e. The highest BCUT2D eigenvalue weighted by atomic mass is 16.5.